The normalized spacial score (nSPS) is 20.5. The number of hydrogen-bond donors (Lipinski definition) is 2. The van der Waals surface area contributed by atoms with E-state index in [2.05, 4.69) is 26.6 Å². The molecule has 1 atom stereocenters. The van der Waals surface area contributed by atoms with Gasteiger partial charge in [0.25, 0.3) is 0 Å². The molecule has 5 nitrogen and oxygen atoms in total. The minimum atomic E-state index is -4.29. The van der Waals surface area contributed by atoms with E-state index < -0.39 is 11.7 Å². The first-order valence-electron chi connectivity index (χ1n) is 10.1. The lowest BCUT2D eigenvalue weighted by Gasteiger charge is -2.20. The second-order valence-electron chi connectivity index (χ2n) is 7.50. The number of benzene rings is 1. The Balaban J connectivity index is 0.00000320. The quantitative estimate of drug-likeness (QED) is 0.251. The van der Waals surface area contributed by atoms with E-state index in [0.29, 0.717) is 13.2 Å². The zero-order chi connectivity index (χ0) is 20.7. The molecule has 0 bridgehead atoms. The molecule has 2 aliphatic rings. The van der Waals surface area contributed by atoms with Crippen molar-refractivity contribution < 1.29 is 17.9 Å². The van der Waals surface area contributed by atoms with Gasteiger partial charge in [0.15, 0.2) is 5.96 Å². The molecule has 1 aromatic carbocycles. The standard InChI is InChI=1S/C21H29F3N4O.HI/c1-25-20(26-10-6-16-8-12-29-13-9-16)27-19-7-11-28(15-19)14-17-2-4-18(5-3-17)21(22,23)24;/h2-5,8,19H,6-7,9-15H2,1H3,(H2,25,26,27);1H. The fourth-order valence-corrected chi connectivity index (χ4v) is 3.67. The molecule has 0 radical (unpaired) electrons. The first kappa shape index (κ1) is 24.9. The van der Waals surface area contributed by atoms with Crippen molar-refractivity contribution in [2.45, 2.75) is 38.0 Å². The highest BCUT2D eigenvalue weighted by molar-refractivity contribution is 14.0. The average molecular weight is 538 g/mol. The highest BCUT2D eigenvalue weighted by atomic mass is 127. The second-order valence-corrected chi connectivity index (χ2v) is 7.50. The lowest BCUT2D eigenvalue weighted by molar-refractivity contribution is -0.137. The number of alkyl halides is 3. The highest BCUT2D eigenvalue weighted by Gasteiger charge is 2.30. The third-order valence-corrected chi connectivity index (χ3v) is 5.32. The molecular formula is C21H30F3IN4O. The van der Waals surface area contributed by atoms with Crippen LogP contribution in [0.3, 0.4) is 0 Å². The number of ether oxygens (including phenoxy) is 1. The summed E-state index contributed by atoms with van der Waals surface area (Å²) in [7, 11) is 1.76. The van der Waals surface area contributed by atoms with Crippen molar-refractivity contribution in [1.29, 1.82) is 0 Å². The average Bonchev–Trinajstić information content (AvgIpc) is 3.14. The summed E-state index contributed by atoms with van der Waals surface area (Å²) in [6.45, 7) is 4.73. The Bertz CT molecular complexity index is 722. The number of hydrogen-bond acceptors (Lipinski definition) is 3. The van der Waals surface area contributed by atoms with Crippen molar-refractivity contribution in [1.82, 2.24) is 15.5 Å². The maximum atomic E-state index is 12.7. The number of aliphatic imine (C=N–C) groups is 1. The van der Waals surface area contributed by atoms with Gasteiger partial charge in [0, 0.05) is 39.3 Å². The summed E-state index contributed by atoms with van der Waals surface area (Å²) in [5, 5.41) is 6.81. The fraction of sp³-hybridized carbons (Fsp3) is 0.571. The third-order valence-electron chi connectivity index (χ3n) is 5.32. The summed E-state index contributed by atoms with van der Waals surface area (Å²) in [6, 6.07) is 5.71. The van der Waals surface area contributed by atoms with Crippen LogP contribution in [0.25, 0.3) is 0 Å². The van der Waals surface area contributed by atoms with Crippen molar-refractivity contribution in [2.24, 2.45) is 4.99 Å². The van der Waals surface area contributed by atoms with Gasteiger partial charge in [-0.2, -0.15) is 13.2 Å². The molecule has 1 saturated heterocycles. The van der Waals surface area contributed by atoms with Crippen LogP contribution in [0.5, 0.6) is 0 Å². The summed E-state index contributed by atoms with van der Waals surface area (Å²) < 4.78 is 43.4. The zero-order valence-electron chi connectivity index (χ0n) is 17.2. The van der Waals surface area contributed by atoms with Crippen LogP contribution in [0.15, 0.2) is 40.9 Å². The summed E-state index contributed by atoms with van der Waals surface area (Å²) in [4.78, 5) is 6.55. The van der Waals surface area contributed by atoms with Gasteiger partial charge in [-0.1, -0.05) is 23.8 Å². The molecule has 2 heterocycles. The maximum absolute atomic E-state index is 12.7. The Morgan fingerprint density at radius 1 is 1.27 bits per heavy atom. The van der Waals surface area contributed by atoms with E-state index in [9.17, 15) is 13.2 Å². The molecular weight excluding hydrogens is 508 g/mol. The molecule has 0 saturated carbocycles. The van der Waals surface area contributed by atoms with E-state index >= 15 is 0 Å². The molecule has 1 unspecified atom stereocenters. The first-order valence-corrected chi connectivity index (χ1v) is 10.1. The smallest absolute Gasteiger partial charge is 0.377 e. The molecule has 1 fully saturated rings. The van der Waals surface area contributed by atoms with Gasteiger partial charge in [0.1, 0.15) is 0 Å². The number of halogens is 4. The van der Waals surface area contributed by atoms with Crippen molar-refractivity contribution in [3.63, 3.8) is 0 Å². The van der Waals surface area contributed by atoms with Crippen LogP contribution < -0.4 is 10.6 Å². The summed E-state index contributed by atoms with van der Waals surface area (Å²) in [5.41, 5.74) is 1.71. The monoisotopic (exact) mass is 538 g/mol. The molecule has 2 N–H and O–H groups in total. The Kier molecular flexibility index (Phi) is 9.89. The van der Waals surface area contributed by atoms with E-state index in [1.54, 1.807) is 19.2 Å². The van der Waals surface area contributed by atoms with Gasteiger partial charge >= 0.3 is 6.18 Å². The van der Waals surface area contributed by atoms with E-state index in [1.807, 2.05) is 0 Å². The molecule has 3 rings (SSSR count). The minimum Gasteiger partial charge on any atom is -0.377 e. The molecule has 30 heavy (non-hydrogen) atoms. The van der Waals surface area contributed by atoms with E-state index in [-0.39, 0.29) is 30.0 Å². The minimum absolute atomic E-state index is 0. The van der Waals surface area contributed by atoms with Crippen molar-refractivity contribution in [3.05, 3.63) is 47.0 Å². The number of rotatable bonds is 6. The number of nitrogens with one attached hydrogen (secondary N) is 2. The van der Waals surface area contributed by atoms with Crippen LogP contribution in [0.1, 0.15) is 30.4 Å². The molecule has 0 spiro atoms. The first-order chi connectivity index (χ1) is 13.9. The van der Waals surface area contributed by atoms with Crippen LogP contribution in [0.4, 0.5) is 13.2 Å². The predicted octanol–water partition coefficient (Wildman–Crippen LogP) is 3.80. The summed E-state index contributed by atoms with van der Waals surface area (Å²) in [6.07, 6.45) is 0.816. The van der Waals surface area contributed by atoms with Crippen LogP contribution in [-0.2, 0) is 17.5 Å². The lowest BCUT2D eigenvalue weighted by atomic mass is 10.1. The van der Waals surface area contributed by atoms with Crippen LogP contribution >= 0.6 is 24.0 Å². The molecule has 1 aromatic rings. The Morgan fingerprint density at radius 2 is 2.03 bits per heavy atom. The van der Waals surface area contributed by atoms with Gasteiger partial charge in [-0.25, -0.2) is 0 Å². The number of guanidine groups is 1. The Morgan fingerprint density at radius 3 is 2.67 bits per heavy atom. The van der Waals surface area contributed by atoms with Crippen molar-refractivity contribution in [2.75, 3.05) is 39.9 Å². The van der Waals surface area contributed by atoms with Crippen LogP contribution in [0.2, 0.25) is 0 Å². The van der Waals surface area contributed by atoms with Gasteiger partial charge < -0.3 is 15.4 Å². The molecule has 9 heteroatoms. The fourth-order valence-electron chi connectivity index (χ4n) is 3.67. The Labute approximate surface area is 193 Å². The van der Waals surface area contributed by atoms with E-state index in [4.69, 9.17) is 4.74 Å². The molecule has 2 aliphatic heterocycles. The van der Waals surface area contributed by atoms with Crippen LogP contribution in [-0.4, -0.2) is 56.8 Å². The molecule has 168 valence electrons. The van der Waals surface area contributed by atoms with Gasteiger partial charge in [0.05, 0.1) is 18.8 Å². The Hall–Kier alpha value is -1.33. The lowest BCUT2D eigenvalue weighted by Crippen LogP contribution is -2.44. The van der Waals surface area contributed by atoms with Crippen LogP contribution in [0, 0.1) is 0 Å². The van der Waals surface area contributed by atoms with Gasteiger partial charge in [-0.15, -0.1) is 24.0 Å². The maximum Gasteiger partial charge on any atom is 0.416 e. The zero-order valence-corrected chi connectivity index (χ0v) is 19.5. The van der Waals surface area contributed by atoms with E-state index in [0.717, 1.165) is 69.2 Å². The predicted molar refractivity (Wildman–Crippen MR) is 123 cm³/mol. The van der Waals surface area contributed by atoms with Gasteiger partial charge in [-0.3, -0.25) is 9.89 Å². The second kappa shape index (κ2) is 11.9. The molecule has 0 amide bonds. The topological polar surface area (TPSA) is 48.9 Å². The van der Waals surface area contributed by atoms with Gasteiger partial charge in [-0.05, 0) is 37.0 Å². The summed E-state index contributed by atoms with van der Waals surface area (Å²) in [5.74, 6) is 0.791. The third kappa shape index (κ3) is 7.73. The molecule has 0 aliphatic carbocycles. The summed E-state index contributed by atoms with van der Waals surface area (Å²) >= 11 is 0. The number of nitrogens with zero attached hydrogens (tertiary/aromatic N) is 2. The van der Waals surface area contributed by atoms with Gasteiger partial charge in [0.2, 0.25) is 0 Å². The largest absolute Gasteiger partial charge is 0.416 e. The SMILES string of the molecule is CN=C(NCCC1=CCOCC1)NC1CCN(Cc2ccc(C(F)(F)F)cc2)C1.I. The molecule has 0 aromatic heterocycles. The highest BCUT2D eigenvalue weighted by Crippen LogP contribution is 2.29. The van der Waals surface area contributed by atoms with E-state index in [1.165, 1.54) is 5.57 Å². The van der Waals surface area contributed by atoms with Crippen molar-refractivity contribution >= 4 is 29.9 Å². The number of likely N-dealkylation sites (tertiary alicyclic amines) is 1. The van der Waals surface area contributed by atoms with Crippen molar-refractivity contribution in [3.8, 4) is 0 Å².